The fraction of sp³-hybridized carbons (Fsp3) is 0.217. The molecule has 0 fully saturated rings. The Morgan fingerprint density at radius 3 is 2.48 bits per heavy atom. The molecule has 0 atom stereocenters. The molecular formula is C23H24N2O2. The van der Waals surface area contributed by atoms with Gasteiger partial charge < -0.3 is 11.1 Å². The van der Waals surface area contributed by atoms with Crippen LogP contribution in [0.4, 0.5) is 5.69 Å². The molecule has 4 heteroatoms. The summed E-state index contributed by atoms with van der Waals surface area (Å²) in [6.07, 6.45) is 4.43. The van der Waals surface area contributed by atoms with E-state index in [4.69, 9.17) is 5.73 Å². The fourth-order valence-corrected chi connectivity index (χ4v) is 3.56. The summed E-state index contributed by atoms with van der Waals surface area (Å²) >= 11 is 0. The van der Waals surface area contributed by atoms with E-state index in [0.717, 1.165) is 45.5 Å². The average molecular weight is 360 g/mol. The maximum atomic E-state index is 12.1. The largest absolute Gasteiger partial charge is 0.366 e. The number of nitrogens with one attached hydrogen (secondary N) is 1. The van der Waals surface area contributed by atoms with Crippen LogP contribution in [0.25, 0.3) is 17.2 Å². The quantitative estimate of drug-likeness (QED) is 0.781. The first-order valence-corrected chi connectivity index (χ1v) is 8.96. The molecule has 0 unspecified atom stereocenters. The van der Waals surface area contributed by atoms with Crippen LogP contribution in [0.15, 0.2) is 47.6 Å². The summed E-state index contributed by atoms with van der Waals surface area (Å²) in [6, 6.07) is 9.61. The highest BCUT2D eigenvalue weighted by Gasteiger charge is 2.21. The zero-order chi connectivity index (χ0) is 19.7. The van der Waals surface area contributed by atoms with Crippen molar-refractivity contribution in [2.75, 3.05) is 5.32 Å². The van der Waals surface area contributed by atoms with Crippen molar-refractivity contribution in [2.45, 2.75) is 34.1 Å². The Labute approximate surface area is 159 Å². The summed E-state index contributed by atoms with van der Waals surface area (Å²) in [5.74, 6) is -0.541. The van der Waals surface area contributed by atoms with Gasteiger partial charge in [-0.15, -0.1) is 0 Å². The second-order valence-electron chi connectivity index (χ2n) is 7.27. The van der Waals surface area contributed by atoms with Crippen LogP contribution in [-0.2, 0) is 11.2 Å². The Kier molecular flexibility index (Phi) is 5.00. The number of primary amides is 1. The van der Waals surface area contributed by atoms with Gasteiger partial charge in [0.25, 0.3) is 0 Å². The Hall–Kier alpha value is -3.14. The number of benzene rings is 2. The van der Waals surface area contributed by atoms with Crippen LogP contribution >= 0.6 is 0 Å². The molecule has 1 aliphatic rings. The lowest BCUT2D eigenvalue weighted by molar-refractivity contribution is -0.112. The Morgan fingerprint density at radius 1 is 1.07 bits per heavy atom. The summed E-state index contributed by atoms with van der Waals surface area (Å²) in [5, 5.41) is 2.95. The second-order valence-corrected chi connectivity index (χ2v) is 7.27. The molecule has 2 aromatic carbocycles. The number of hydrogen-bond acceptors (Lipinski definition) is 2. The van der Waals surface area contributed by atoms with E-state index in [1.165, 1.54) is 5.57 Å². The van der Waals surface area contributed by atoms with Crippen LogP contribution in [0.5, 0.6) is 0 Å². The molecule has 0 radical (unpaired) electrons. The van der Waals surface area contributed by atoms with Crippen molar-refractivity contribution in [3.63, 3.8) is 0 Å². The van der Waals surface area contributed by atoms with Crippen molar-refractivity contribution >= 4 is 23.6 Å². The van der Waals surface area contributed by atoms with E-state index in [9.17, 15) is 9.59 Å². The number of carbonyl (C=O) groups is 2. The van der Waals surface area contributed by atoms with Gasteiger partial charge in [0.15, 0.2) is 0 Å². The zero-order valence-corrected chi connectivity index (χ0v) is 16.1. The predicted octanol–water partition coefficient (Wildman–Crippen LogP) is 4.63. The van der Waals surface area contributed by atoms with Gasteiger partial charge in [-0.3, -0.25) is 9.59 Å². The fourth-order valence-electron chi connectivity index (χ4n) is 3.56. The lowest BCUT2D eigenvalue weighted by Crippen LogP contribution is -2.14. The van der Waals surface area contributed by atoms with E-state index < -0.39 is 5.91 Å². The maximum Gasteiger partial charge on any atom is 0.249 e. The molecule has 0 aromatic heterocycles. The Balaban J connectivity index is 2.10. The molecule has 0 spiro atoms. The standard InChI is InChI=1S/C23H24N2O2/c1-13(2)10-22(26)25-21-7-5-6-16(15(21)4)17-8-9-18(23(24)27)20-12-14(3)11-19(17)20/h5-11H,12H2,1-4H3,(H2,24,27)(H,25,26). The summed E-state index contributed by atoms with van der Waals surface area (Å²) in [6.45, 7) is 7.83. The molecule has 1 aliphatic carbocycles. The van der Waals surface area contributed by atoms with Crippen molar-refractivity contribution in [2.24, 2.45) is 5.73 Å². The van der Waals surface area contributed by atoms with E-state index in [0.29, 0.717) is 5.56 Å². The van der Waals surface area contributed by atoms with Gasteiger partial charge in [0, 0.05) is 17.3 Å². The molecule has 3 N–H and O–H groups in total. The topological polar surface area (TPSA) is 72.2 Å². The maximum absolute atomic E-state index is 12.1. The van der Waals surface area contributed by atoms with Gasteiger partial charge in [-0.2, -0.15) is 0 Å². The normalized spacial score (nSPS) is 12.2. The van der Waals surface area contributed by atoms with Crippen molar-refractivity contribution in [1.82, 2.24) is 0 Å². The third-order valence-corrected chi connectivity index (χ3v) is 4.77. The van der Waals surface area contributed by atoms with Gasteiger partial charge in [0.05, 0.1) is 0 Å². The first kappa shape index (κ1) is 18.6. The smallest absolute Gasteiger partial charge is 0.249 e. The molecular weight excluding hydrogens is 336 g/mol. The highest BCUT2D eigenvalue weighted by atomic mass is 16.1. The van der Waals surface area contributed by atoms with Crippen molar-refractivity contribution < 1.29 is 9.59 Å². The molecule has 3 rings (SSSR count). The van der Waals surface area contributed by atoms with Crippen LogP contribution < -0.4 is 11.1 Å². The predicted molar refractivity (Wildman–Crippen MR) is 111 cm³/mol. The molecule has 0 bridgehead atoms. The van der Waals surface area contributed by atoms with Gasteiger partial charge in [-0.1, -0.05) is 35.4 Å². The van der Waals surface area contributed by atoms with Crippen LogP contribution in [0, 0.1) is 6.92 Å². The number of carbonyl (C=O) groups excluding carboxylic acids is 2. The van der Waals surface area contributed by atoms with E-state index in [1.807, 2.05) is 45.0 Å². The number of nitrogens with two attached hydrogens (primary N) is 1. The summed E-state index contributed by atoms with van der Waals surface area (Å²) in [4.78, 5) is 23.9. The SMILES string of the molecule is CC(C)=CC(=O)Nc1cccc(-c2ccc(C(N)=O)c3c2C=C(C)C3)c1C. The first-order valence-electron chi connectivity index (χ1n) is 8.96. The van der Waals surface area contributed by atoms with E-state index in [1.54, 1.807) is 12.1 Å². The van der Waals surface area contributed by atoms with Gasteiger partial charge >= 0.3 is 0 Å². The van der Waals surface area contributed by atoms with Crippen molar-refractivity contribution in [3.05, 3.63) is 69.8 Å². The summed E-state index contributed by atoms with van der Waals surface area (Å²) < 4.78 is 0. The van der Waals surface area contributed by atoms with E-state index >= 15 is 0 Å². The van der Waals surface area contributed by atoms with Crippen LogP contribution in [0.3, 0.4) is 0 Å². The highest BCUT2D eigenvalue weighted by molar-refractivity contribution is 6.02. The second kappa shape index (κ2) is 7.23. The highest BCUT2D eigenvalue weighted by Crippen LogP contribution is 2.38. The molecule has 2 amide bonds. The minimum absolute atomic E-state index is 0.139. The third-order valence-electron chi connectivity index (χ3n) is 4.77. The van der Waals surface area contributed by atoms with Crippen molar-refractivity contribution in [3.8, 4) is 11.1 Å². The zero-order valence-electron chi connectivity index (χ0n) is 16.1. The number of amides is 2. The van der Waals surface area contributed by atoms with Gasteiger partial charge in [0.1, 0.15) is 0 Å². The van der Waals surface area contributed by atoms with Crippen LogP contribution in [0.2, 0.25) is 0 Å². The average Bonchev–Trinajstić information content (AvgIpc) is 2.96. The molecule has 27 heavy (non-hydrogen) atoms. The molecule has 4 nitrogen and oxygen atoms in total. The molecule has 0 aliphatic heterocycles. The van der Waals surface area contributed by atoms with Gasteiger partial charge in [0.2, 0.25) is 11.8 Å². The molecule has 138 valence electrons. The van der Waals surface area contributed by atoms with Crippen molar-refractivity contribution in [1.29, 1.82) is 0 Å². The van der Waals surface area contributed by atoms with E-state index in [-0.39, 0.29) is 5.91 Å². The van der Waals surface area contributed by atoms with Gasteiger partial charge in [-0.05, 0) is 74.1 Å². The first-order chi connectivity index (χ1) is 12.8. The number of anilines is 1. The number of fused-ring (bicyclic) bond motifs is 1. The number of allylic oxidation sites excluding steroid dienone is 2. The summed E-state index contributed by atoms with van der Waals surface area (Å²) in [5.41, 5.74) is 14.1. The molecule has 0 heterocycles. The van der Waals surface area contributed by atoms with E-state index in [2.05, 4.69) is 18.3 Å². The molecule has 0 saturated carbocycles. The lowest BCUT2D eigenvalue weighted by Gasteiger charge is -2.16. The monoisotopic (exact) mass is 360 g/mol. The lowest BCUT2D eigenvalue weighted by atomic mass is 9.90. The molecule has 2 aromatic rings. The van der Waals surface area contributed by atoms with Gasteiger partial charge in [-0.25, -0.2) is 0 Å². The molecule has 0 saturated heterocycles. The summed E-state index contributed by atoms with van der Waals surface area (Å²) in [7, 11) is 0. The Bertz CT molecular complexity index is 1010. The minimum atomic E-state index is -0.402. The third kappa shape index (κ3) is 3.70. The Morgan fingerprint density at radius 2 is 1.81 bits per heavy atom. The van der Waals surface area contributed by atoms with Crippen LogP contribution in [-0.4, -0.2) is 11.8 Å². The van der Waals surface area contributed by atoms with Crippen LogP contribution in [0.1, 0.15) is 47.8 Å². The number of hydrogen-bond donors (Lipinski definition) is 2. The minimum Gasteiger partial charge on any atom is -0.366 e. The number of rotatable bonds is 4.